The van der Waals surface area contributed by atoms with Gasteiger partial charge in [-0.1, -0.05) is 15.9 Å². The molecule has 21 heavy (non-hydrogen) atoms. The molecule has 0 fully saturated rings. The number of aromatic carboxylic acids is 1. The summed E-state index contributed by atoms with van der Waals surface area (Å²) < 4.78 is 19.2. The number of carbonyl (C=O) groups is 1. The highest BCUT2D eigenvalue weighted by molar-refractivity contribution is 9.10. The SMILES string of the molecule is N#Cc1ccc(F)cc1COc1ccc(Br)cc1C(=O)O. The zero-order valence-corrected chi connectivity index (χ0v) is 12.2. The van der Waals surface area contributed by atoms with Crippen LogP contribution in [0.2, 0.25) is 0 Å². The molecule has 0 atom stereocenters. The number of benzene rings is 2. The van der Waals surface area contributed by atoms with Crippen LogP contribution in [0.3, 0.4) is 0 Å². The maximum Gasteiger partial charge on any atom is 0.339 e. The van der Waals surface area contributed by atoms with Crippen LogP contribution in [0.1, 0.15) is 21.5 Å². The van der Waals surface area contributed by atoms with Crippen LogP contribution in [0.5, 0.6) is 5.75 Å². The normalized spacial score (nSPS) is 9.95. The molecule has 0 amide bonds. The Labute approximate surface area is 128 Å². The van der Waals surface area contributed by atoms with Crippen molar-refractivity contribution in [1.82, 2.24) is 0 Å². The van der Waals surface area contributed by atoms with Gasteiger partial charge in [-0.3, -0.25) is 0 Å². The second kappa shape index (κ2) is 6.37. The van der Waals surface area contributed by atoms with E-state index in [1.165, 1.54) is 30.3 Å². The van der Waals surface area contributed by atoms with Gasteiger partial charge in [0.05, 0.1) is 11.6 Å². The molecule has 0 unspecified atom stereocenters. The smallest absolute Gasteiger partial charge is 0.339 e. The average Bonchev–Trinajstić information content (AvgIpc) is 2.46. The lowest BCUT2D eigenvalue weighted by molar-refractivity contribution is 0.0691. The van der Waals surface area contributed by atoms with Gasteiger partial charge < -0.3 is 9.84 Å². The zero-order valence-electron chi connectivity index (χ0n) is 10.6. The molecule has 0 bridgehead atoms. The van der Waals surface area contributed by atoms with Crippen molar-refractivity contribution in [2.75, 3.05) is 0 Å². The summed E-state index contributed by atoms with van der Waals surface area (Å²) in [4.78, 5) is 11.1. The first-order valence-corrected chi connectivity index (χ1v) is 6.64. The third-order valence-corrected chi connectivity index (χ3v) is 3.24. The number of halogens is 2. The maximum atomic E-state index is 13.2. The quantitative estimate of drug-likeness (QED) is 0.912. The van der Waals surface area contributed by atoms with Crippen molar-refractivity contribution in [3.63, 3.8) is 0 Å². The summed E-state index contributed by atoms with van der Waals surface area (Å²) >= 11 is 3.18. The molecule has 1 N–H and O–H groups in total. The van der Waals surface area contributed by atoms with E-state index >= 15 is 0 Å². The summed E-state index contributed by atoms with van der Waals surface area (Å²) in [5, 5.41) is 18.1. The Morgan fingerprint density at radius 2 is 2.10 bits per heavy atom. The lowest BCUT2D eigenvalue weighted by Crippen LogP contribution is -2.04. The van der Waals surface area contributed by atoms with Gasteiger partial charge in [0.1, 0.15) is 23.7 Å². The summed E-state index contributed by atoms with van der Waals surface area (Å²) in [6.07, 6.45) is 0. The van der Waals surface area contributed by atoms with Crippen molar-refractivity contribution in [3.05, 3.63) is 63.4 Å². The second-order valence-corrected chi connectivity index (χ2v) is 5.06. The first kappa shape index (κ1) is 15.0. The standard InChI is InChI=1S/C15H9BrFNO3/c16-11-2-4-14(13(6-11)15(19)20)21-8-10-5-12(17)3-1-9(10)7-18/h1-6H,8H2,(H,19,20). The van der Waals surface area contributed by atoms with Crippen molar-refractivity contribution >= 4 is 21.9 Å². The van der Waals surface area contributed by atoms with Crippen molar-refractivity contribution in [1.29, 1.82) is 5.26 Å². The molecule has 0 heterocycles. The first-order valence-electron chi connectivity index (χ1n) is 5.85. The van der Waals surface area contributed by atoms with Gasteiger partial charge in [-0.05, 0) is 36.4 Å². The highest BCUT2D eigenvalue weighted by Gasteiger charge is 2.13. The number of hydrogen-bond acceptors (Lipinski definition) is 3. The third kappa shape index (κ3) is 3.58. The molecule has 2 rings (SSSR count). The van der Waals surface area contributed by atoms with E-state index < -0.39 is 11.8 Å². The van der Waals surface area contributed by atoms with Gasteiger partial charge >= 0.3 is 5.97 Å². The molecule has 2 aromatic rings. The molecule has 0 aromatic heterocycles. The molecule has 106 valence electrons. The van der Waals surface area contributed by atoms with E-state index in [9.17, 15) is 9.18 Å². The van der Waals surface area contributed by atoms with E-state index in [1.807, 2.05) is 6.07 Å². The van der Waals surface area contributed by atoms with E-state index in [-0.39, 0.29) is 23.5 Å². The fourth-order valence-corrected chi connectivity index (χ4v) is 2.10. The Balaban J connectivity index is 2.27. The number of nitriles is 1. The number of rotatable bonds is 4. The largest absolute Gasteiger partial charge is 0.488 e. The fraction of sp³-hybridized carbons (Fsp3) is 0.0667. The van der Waals surface area contributed by atoms with Crippen LogP contribution in [0, 0.1) is 17.1 Å². The van der Waals surface area contributed by atoms with Crippen LogP contribution in [0.4, 0.5) is 4.39 Å². The van der Waals surface area contributed by atoms with E-state index in [0.29, 0.717) is 10.0 Å². The maximum absolute atomic E-state index is 13.2. The minimum atomic E-state index is -1.13. The van der Waals surface area contributed by atoms with Crippen LogP contribution in [0.25, 0.3) is 0 Å². The summed E-state index contributed by atoms with van der Waals surface area (Å²) in [5.41, 5.74) is 0.626. The second-order valence-electron chi connectivity index (χ2n) is 4.15. The van der Waals surface area contributed by atoms with Gasteiger partial charge in [0.25, 0.3) is 0 Å². The number of carboxylic acids is 1. The van der Waals surface area contributed by atoms with E-state index in [4.69, 9.17) is 15.1 Å². The Morgan fingerprint density at radius 1 is 1.33 bits per heavy atom. The van der Waals surface area contributed by atoms with Crippen molar-refractivity contribution < 1.29 is 19.0 Å². The molecule has 0 radical (unpaired) electrons. The first-order chi connectivity index (χ1) is 10.0. The van der Waals surface area contributed by atoms with Crippen molar-refractivity contribution in [2.45, 2.75) is 6.61 Å². The Morgan fingerprint density at radius 3 is 2.76 bits per heavy atom. The molecule has 2 aromatic carbocycles. The van der Waals surface area contributed by atoms with Gasteiger partial charge in [0.15, 0.2) is 0 Å². The molecular weight excluding hydrogens is 341 g/mol. The molecule has 0 spiro atoms. The Kier molecular flexibility index (Phi) is 4.55. The molecule has 0 aliphatic heterocycles. The predicted molar refractivity (Wildman–Crippen MR) is 76.5 cm³/mol. The highest BCUT2D eigenvalue weighted by Crippen LogP contribution is 2.24. The molecule has 0 aliphatic carbocycles. The van der Waals surface area contributed by atoms with Crippen LogP contribution >= 0.6 is 15.9 Å². The molecular formula is C15H9BrFNO3. The zero-order chi connectivity index (χ0) is 15.4. The lowest BCUT2D eigenvalue weighted by atomic mass is 10.1. The summed E-state index contributed by atoms with van der Waals surface area (Å²) in [7, 11) is 0. The monoisotopic (exact) mass is 349 g/mol. The van der Waals surface area contributed by atoms with Gasteiger partial charge in [0.2, 0.25) is 0 Å². The van der Waals surface area contributed by atoms with Gasteiger partial charge in [-0.2, -0.15) is 5.26 Å². The van der Waals surface area contributed by atoms with Gasteiger partial charge in [0, 0.05) is 10.0 Å². The molecule has 6 heteroatoms. The number of nitrogens with zero attached hydrogens (tertiary/aromatic N) is 1. The van der Waals surface area contributed by atoms with Gasteiger partial charge in [-0.15, -0.1) is 0 Å². The van der Waals surface area contributed by atoms with Crippen molar-refractivity contribution in [3.8, 4) is 11.8 Å². The highest BCUT2D eigenvalue weighted by atomic mass is 79.9. The minimum absolute atomic E-state index is 0.0146. The minimum Gasteiger partial charge on any atom is -0.488 e. The summed E-state index contributed by atoms with van der Waals surface area (Å²) in [6, 6.07) is 10.2. The predicted octanol–water partition coefficient (Wildman–Crippen LogP) is 3.74. The molecule has 0 saturated heterocycles. The van der Waals surface area contributed by atoms with Crippen LogP contribution in [-0.4, -0.2) is 11.1 Å². The number of carboxylic acid groups (broad SMARTS) is 1. The molecule has 4 nitrogen and oxygen atoms in total. The number of ether oxygens (including phenoxy) is 1. The third-order valence-electron chi connectivity index (χ3n) is 2.74. The molecule has 0 saturated carbocycles. The lowest BCUT2D eigenvalue weighted by Gasteiger charge is -2.10. The van der Waals surface area contributed by atoms with Crippen LogP contribution < -0.4 is 4.74 Å². The Hall–Kier alpha value is -2.39. The van der Waals surface area contributed by atoms with Crippen LogP contribution in [0.15, 0.2) is 40.9 Å². The van der Waals surface area contributed by atoms with Crippen molar-refractivity contribution in [2.24, 2.45) is 0 Å². The summed E-state index contributed by atoms with van der Waals surface area (Å²) in [5.74, 6) is -1.47. The Bertz CT molecular complexity index is 740. The van der Waals surface area contributed by atoms with Gasteiger partial charge in [-0.25, -0.2) is 9.18 Å². The fourth-order valence-electron chi connectivity index (χ4n) is 1.74. The number of hydrogen-bond donors (Lipinski definition) is 1. The van der Waals surface area contributed by atoms with E-state index in [0.717, 1.165) is 0 Å². The molecule has 0 aliphatic rings. The van der Waals surface area contributed by atoms with Crippen LogP contribution in [-0.2, 0) is 6.61 Å². The van der Waals surface area contributed by atoms with E-state index in [1.54, 1.807) is 6.07 Å². The summed E-state index contributed by atoms with van der Waals surface area (Å²) in [6.45, 7) is -0.0947. The van der Waals surface area contributed by atoms with E-state index in [2.05, 4.69) is 15.9 Å². The average molecular weight is 350 g/mol. The topological polar surface area (TPSA) is 70.3 Å².